The predicted molar refractivity (Wildman–Crippen MR) is 85.7 cm³/mol. The number of fused-ring (bicyclic) bond motifs is 1. The number of aromatic nitrogens is 3. The summed E-state index contributed by atoms with van der Waals surface area (Å²) in [6.45, 7) is 3.60. The van der Waals surface area contributed by atoms with Crippen LogP contribution in [0.2, 0.25) is 0 Å². The Bertz CT molecular complexity index is 598. The second-order valence-corrected chi connectivity index (χ2v) is 6.03. The Balaban J connectivity index is 1.89. The van der Waals surface area contributed by atoms with E-state index in [-0.39, 0.29) is 0 Å². The maximum Gasteiger partial charge on any atom is 0.157 e. The van der Waals surface area contributed by atoms with Crippen molar-refractivity contribution in [2.45, 2.75) is 51.4 Å². The first kappa shape index (κ1) is 14.3. The number of rotatable bonds is 5. The van der Waals surface area contributed by atoms with Crippen molar-refractivity contribution in [3.63, 3.8) is 0 Å². The van der Waals surface area contributed by atoms with Crippen molar-refractivity contribution in [2.24, 2.45) is 5.73 Å². The highest BCUT2D eigenvalue weighted by Gasteiger charge is 2.19. The Morgan fingerprint density at radius 1 is 1.29 bits per heavy atom. The molecule has 1 fully saturated rings. The lowest BCUT2D eigenvalue weighted by atomic mass is 9.87. The highest BCUT2D eigenvalue weighted by Crippen LogP contribution is 2.32. The number of aryl methyl sites for hydroxylation is 1. The summed E-state index contributed by atoms with van der Waals surface area (Å²) < 4.78 is 1.95. The summed E-state index contributed by atoms with van der Waals surface area (Å²) in [7, 11) is 0. The number of nitrogens with zero attached hydrogens (tertiary/aromatic N) is 3. The molecule has 1 aliphatic rings. The standard InChI is InChI=1S/C16H25N5/c1-12-10-15(18-9-5-8-17)21-16(19-12)11-14(20-21)13-6-3-2-4-7-13/h10-11,13,18H,2-9,17H2,1H3. The monoisotopic (exact) mass is 287 g/mol. The lowest BCUT2D eigenvalue weighted by Gasteiger charge is -2.19. The average Bonchev–Trinajstić information content (AvgIpc) is 2.92. The van der Waals surface area contributed by atoms with Crippen LogP contribution in [-0.4, -0.2) is 27.7 Å². The van der Waals surface area contributed by atoms with Crippen LogP contribution in [-0.2, 0) is 0 Å². The minimum Gasteiger partial charge on any atom is -0.370 e. The van der Waals surface area contributed by atoms with Crippen molar-refractivity contribution in [3.8, 4) is 0 Å². The van der Waals surface area contributed by atoms with E-state index in [9.17, 15) is 0 Å². The number of hydrogen-bond donors (Lipinski definition) is 2. The fraction of sp³-hybridized carbons (Fsp3) is 0.625. The third kappa shape index (κ3) is 3.18. The van der Waals surface area contributed by atoms with Crippen LogP contribution >= 0.6 is 0 Å². The van der Waals surface area contributed by atoms with Gasteiger partial charge in [0, 0.05) is 30.3 Å². The summed E-state index contributed by atoms with van der Waals surface area (Å²) in [5.41, 5.74) is 8.74. The average molecular weight is 287 g/mol. The van der Waals surface area contributed by atoms with E-state index in [1.165, 1.54) is 37.8 Å². The minimum atomic E-state index is 0.609. The largest absolute Gasteiger partial charge is 0.370 e. The van der Waals surface area contributed by atoms with Gasteiger partial charge >= 0.3 is 0 Å². The molecule has 0 bridgehead atoms. The summed E-state index contributed by atoms with van der Waals surface area (Å²) in [4.78, 5) is 4.62. The van der Waals surface area contributed by atoms with E-state index < -0.39 is 0 Å². The number of nitrogens with two attached hydrogens (primary N) is 1. The van der Waals surface area contributed by atoms with Gasteiger partial charge in [0.1, 0.15) is 5.82 Å². The maximum atomic E-state index is 5.56. The van der Waals surface area contributed by atoms with E-state index in [0.717, 1.165) is 30.1 Å². The lowest BCUT2D eigenvalue weighted by molar-refractivity contribution is 0.435. The number of anilines is 1. The van der Waals surface area contributed by atoms with E-state index in [1.54, 1.807) is 0 Å². The van der Waals surface area contributed by atoms with Crippen LogP contribution in [0.1, 0.15) is 55.8 Å². The van der Waals surface area contributed by atoms with Crippen molar-refractivity contribution in [1.82, 2.24) is 14.6 Å². The second kappa shape index (κ2) is 6.43. The molecule has 2 aromatic heterocycles. The summed E-state index contributed by atoms with van der Waals surface area (Å²) in [5, 5.41) is 8.24. The minimum absolute atomic E-state index is 0.609. The van der Waals surface area contributed by atoms with Crippen LogP contribution in [0, 0.1) is 6.92 Å². The first-order valence-electron chi connectivity index (χ1n) is 8.09. The Kier molecular flexibility index (Phi) is 4.39. The molecule has 0 radical (unpaired) electrons. The van der Waals surface area contributed by atoms with Crippen LogP contribution in [0.5, 0.6) is 0 Å². The zero-order valence-electron chi connectivity index (χ0n) is 12.8. The molecule has 0 saturated heterocycles. The van der Waals surface area contributed by atoms with Crippen molar-refractivity contribution >= 4 is 11.5 Å². The molecule has 5 heteroatoms. The molecule has 21 heavy (non-hydrogen) atoms. The van der Waals surface area contributed by atoms with Gasteiger partial charge in [0.25, 0.3) is 0 Å². The Labute approximate surface area is 125 Å². The van der Waals surface area contributed by atoms with Crippen LogP contribution in [0.4, 0.5) is 5.82 Å². The molecule has 0 aromatic carbocycles. The quantitative estimate of drug-likeness (QED) is 0.830. The zero-order chi connectivity index (χ0) is 14.7. The Morgan fingerprint density at radius 2 is 2.10 bits per heavy atom. The van der Waals surface area contributed by atoms with Crippen molar-refractivity contribution in [3.05, 3.63) is 23.5 Å². The number of hydrogen-bond acceptors (Lipinski definition) is 4. The van der Waals surface area contributed by atoms with E-state index in [1.807, 2.05) is 11.4 Å². The summed E-state index contributed by atoms with van der Waals surface area (Å²) in [6, 6.07) is 4.22. The zero-order valence-corrected chi connectivity index (χ0v) is 12.8. The lowest BCUT2D eigenvalue weighted by Crippen LogP contribution is -2.12. The van der Waals surface area contributed by atoms with E-state index in [4.69, 9.17) is 10.8 Å². The van der Waals surface area contributed by atoms with Crippen molar-refractivity contribution in [2.75, 3.05) is 18.4 Å². The molecule has 3 rings (SSSR count). The molecular formula is C16H25N5. The van der Waals surface area contributed by atoms with Crippen LogP contribution in [0.3, 0.4) is 0 Å². The third-order valence-electron chi connectivity index (χ3n) is 4.28. The molecule has 2 aromatic rings. The third-order valence-corrected chi connectivity index (χ3v) is 4.28. The van der Waals surface area contributed by atoms with Gasteiger partial charge in [0.15, 0.2) is 5.65 Å². The molecular weight excluding hydrogens is 262 g/mol. The van der Waals surface area contributed by atoms with Crippen molar-refractivity contribution in [1.29, 1.82) is 0 Å². The summed E-state index contributed by atoms with van der Waals surface area (Å²) in [5.74, 6) is 1.63. The van der Waals surface area contributed by atoms with Gasteiger partial charge < -0.3 is 11.1 Å². The normalized spacial score (nSPS) is 16.5. The molecule has 5 nitrogen and oxygen atoms in total. The molecule has 0 atom stereocenters. The summed E-state index contributed by atoms with van der Waals surface area (Å²) >= 11 is 0. The second-order valence-electron chi connectivity index (χ2n) is 6.03. The van der Waals surface area contributed by atoms with E-state index in [0.29, 0.717) is 12.5 Å². The van der Waals surface area contributed by atoms with Gasteiger partial charge in [-0.05, 0) is 32.7 Å². The molecule has 0 spiro atoms. The van der Waals surface area contributed by atoms with Gasteiger partial charge in [-0.2, -0.15) is 9.61 Å². The SMILES string of the molecule is Cc1cc(NCCCN)n2nc(C3CCCCC3)cc2n1. The van der Waals surface area contributed by atoms with E-state index in [2.05, 4.69) is 22.4 Å². The first-order valence-corrected chi connectivity index (χ1v) is 8.09. The topological polar surface area (TPSA) is 68.2 Å². The highest BCUT2D eigenvalue weighted by atomic mass is 15.3. The summed E-state index contributed by atoms with van der Waals surface area (Å²) in [6.07, 6.45) is 7.50. The number of nitrogens with one attached hydrogen (secondary N) is 1. The molecule has 0 aliphatic heterocycles. The van der Waals surface area contributed by atoms with Crippen LogP contribution in [0.25, 0.3) is 5.65 Å². The predicted octanol–water partition coefficient (Wildman–Crippen LogP) is 2.85. The van der Waals surface area contributed by atoms with E-state index >= 15 is 0 Å². The fourth-order valence-electron chi connectivity index (χ4n) is 3.16. The fourth-order valence-corrected chi connectivity index (χ4v) is 3.16. The van der Waals surface area contributed by atoms with Crippen molar-refractivity contribution < 1.29 is 0 Å². The van der Waals surface area contributed by atoms with Gasteiger partial charge in [-0.1, -0.05) is 19.3 Å². The molecule has 3 N–H and O–H groups in total. The highest BCUT2D eigenvalue weighted by molar-refractivity contribution is 5.50. The Hall–Kier alpha value is -1.62. The van der Waals surface area contributed by atoms with Gasteiger partial charge in [0.2, 0.25) is 0 Å². The molecule has 114 valence electrons. The van der Waals surface area contributed by atoms with Gasteiger partial charge in [-0.3, -0.25) is 0 Å². The smallest absolute Gasteiger partial charge is 0.157 e. The van der Waals surface area contributed by atoms with Gasteiger partial charge in [-0.15, -0.1) is 0 Å². The molecule has 1 saturated carbocycles. The van der Waals surface area contributed by atoms with Crippen LogP contribution in [0.15, 0.2) is 12.1 Å². The molecule has 0 unspecified atom stereocenters. The molecule has 1 aliphatic carbocycles. The maximum absolute atomic E-state index is 5.56. The van der Waals surface area contributed by atoms with Gasteiger partial charge in [0.05, 0.1) is 5.69 Å². The molecule has 0 amide bonds. The van der Waals surface area contributed by atoms with Gasteiger partial charge in [-0.25, -0.2) is 4.98 Å². The molecule has 2 heterocycles. The Morgan fingerprint density at radius 3 is 2.86 bits per heavy atom. The first-order chi connectivity index (χ1) is 10.3. The van der Waals surface area contributed by atoms with Crippen LogP contribution < -0.4 is 11.1 Å².